The Balaban J connectivity index is 0.000000261. The summed E-state index contributed by atoms with van der Waals surface area (Å²) in [6, 6.07) is 21.4. The van der Waals surface area contributed by atoms with E-state index in [0.29, 0.717) is 30.2 Å². The van der Waals surface area contributed by atoms with E-state index in [1.54, 1.807) is 0 Å². The number of nitrogens with one attached hydrogen (secondary N) is 1. The van der Waals surface area contributed by atoms with Crippen LogP contribution in [-0.4, -0.2) is 40.8 Å². The Bertz CT molecular complexity index is 1510. The first-order valence-electron chi connectivity index (χ1n) is 18.9. The number of rotatable bonds is 10. The number of hydrogen-bond donors (Lipinski definition) is 3. The summed E-state index contributed by atoms with van der Waals surface area (Å²) in [6.07, 6.45) is 13.8. The summed E-state index contributed by atoms with van der Waals surface area (Å²) in [4.78, 5) is 0. The van der Waals surface area contributed by atoms with E-state index >= 15 is 0 Å². The average molecular weight is 739 g/mol. The van der Waals surface area contributed by atoms with Crippen molar-refractivity contribution in [3.05, 3.63) is 106 Å². The zero-order valence-electron chi connectivity index (χ0n) is 32.5. The molecule has 3 aromatic rings. The highest BCUT2D eigenvalue weighted by Crippen LogP contribution is 2.42. The minimum Gasteiger partial charge on any atom is -0.392 e. The second kappa shape index (κ2) is 18.0. The molecule has 2 fully saturated rings. The van der Waals surface area contributed by atoms with Gasteiger partial charge in [0.15, 0.2) is 0 Å². The van der Waals surface area contributed by atoms with E-state index in [1.807, 2.05) is 23.5 Å². The van der Waals surface area contributed by atoms with Gasteiger partial charge >= 0.3 is 0 Å². The normalized spacial score (nSPS) is 24.8. The van der Waals surface area contributed by atoms with Gasteiger partial charge < -0.3 is 16.2 Å². The molecule has 0 radical (unpaired) electrons. The van der Waals surface area contributed by atoms with Crippen LogP contribution in [0.1, 0.15) is 127 Å². The van der Waals surface area contributed by atoms with Crippen LogP contribution in [-0.2, 0) is 28.3 Å². The fourth-order valence-electron chi connectivity index (χ4n) is 7.60. The van der Waals surface area contributed by atoms with E-state index in [1.165, 1.54) is 47.2 Å². The van der Waals surface area contributed by atoms with E-state index in [2.05, 4.69) is 108 Å². The lowest BCUT2D eigenvalue weighted by molar-refractivity contribution is 0.132. The first kappa shape index (κ1) is 41.9. The number of aliphatic hydroxyl groups excluding tert-OH is 1. The summed E-state index contributed by atoms with van der Waals surface area (Å²) in [6.45, 7) is 13.9. The van der Waals surface area contributed by atoms with Gasteiger partial charge in [0, 0.05) is 34.2 Å². The molecule has 1 atom stereocenters. The molecular weight excluding hydrogens is 675 g/mol. The molecule has 4 N–H and O–H groups in total. The lowest BCUT2D eigenvalue weighted by Crippen LogP contribution is -2.48. The SMILES string of the molecule is CSC1CCC(N)(c2cccc(C(C)(C)C)c2)CC1.CSC1CCC(NCC(O)CCc2cc(F)cc(F)c2)(c2cccc(C(C)(C)C)c2)CC1. The van der Waals surface area contributed by atoms with Gasteiger partial charge in [0.05, 0.1) is 6.10 Å². The molecule has 0 aromatic heterocycles. The molecule has 5 rings (SSSR count). The molecule has 1 unspecified atom stereocenters. The lowest BCUT2D eigenvalue weighted by Gasteiger charge is -2.42. The summed E-state index contributed by atoms with van der Waals surface area (Å²) in [7, 11) is 0. The second-order valence-electron chi connectivity index (χ2n) is 17.1. The van der Waals surface area contributed by atoms with Crippen molar-refractivity contribution in [2.24, 2.45) is 5.73 Å². The van der Waals surface area contributed by atoms with Crippen LogP contribution in [0, 0.1) is 11.6 Å². The van der Waals surface area contributed by atoms with Crippen LogP contribution in [0.25, 0.3) is 0 Å². The fraction of sp³-hybridized carbons (Fsp3) is 0.591. The number of nitrogens with two attached hydrogens (primary N) is 1. The summed E-state index contributed by atoms with van der Waals surface area (Å²) >= 11 is 3.94. The van der Waals surface area contributed by atoms with Gasteiger partial charge in [-0.05, 0) is 127 Å². The van der Waals surface area contributed by atoms with Crippen LogP contribution < -0.4 is 11.1 Å². The molecule has 282 valence electrons. The zero-order valence-corrected chi connectivity index (χ0v) is 34.1. The summed E-state index contributed by atoms with van der Waals surface area (Å²) in [5.41, 5.74) is 12.6. The Hall–Kier alpha value is -1.90. The largest absolute Gasteiger partial charge is 0.392 e. The summed E-state index contributed by atoms with van der Waals surface area (Å²) < 4.78 is 26.9. The first-order valence-corrected chi connectivity index (χ1v) is 21.5. The maximum Gasteiger partial charge on any atom is 0.126 e. The molecule has 2 aliphatic rings. The van der Waals surface area contributed by atoms with Gasteiger partial charge in [-0.25, -0.2) is 8.78 Å². The molecule has 7 heteroatoms. The minimum atomic E-state index is -0.581. The van der Waals surface area contributed by atoms with Crippen molar-refractivity contribution in [2.45, 2.75) is 144 Å². The smallest absolute Gasteiger partial charge is 0.126 e. The Labute approximate surface area is 316 Å². The maximum atomic E-state index is 13.4. The highest BCUT2D eigenvalue weighted by molar-refractivity contribution is 7.99. The van der Waals surface area contributed by atoms with Crippen LogP contribution in [0.4, 0.5) is 8.78 Å². The third-order valence-corrected chi connectivity index (χ3v) is 13.5. The van der Waals surface area contributed by atoms with E-state index in [0.717, 1.165) is 49.8 Å². The number of aliphatic hydroxyl groups is 1. The van der Waals surface area contributed by atoms with Crippen molar-refractivity contribution in [3.63, 3.8) is 0 Å². The fourth-order valence-corrected chi connectivity index (χ4v) is 9.01. The Morgan fingerprint density at radius 2 is 1.22 bits per heavy atom. The monoisotopic (exact) mass is 738 g/mol. The van der Waals surface area contributed by atoms with Crippen LogP contribution in [0.2, 0.25) is 0 Å². The second-order valence-corrected chi connectivity index (χ2v) is 19.4. The number of benzene rings is 3. The molecule has 3 nitrogen and oxygen atoms in total. The molecule has 0 saturated heterocycles. The molecule has 2 saturated carbocycles. The van der Waals surface area contributed by atoms with Gasteiger partial charge in [0.1, 0.15) is 11.6 Å². The van der Waals surface area contributed by atoms with Gasteiger partial charge in [-0.2, -0.15) is 23.5 Å². The molecule has 0 amide bonds. The van der Waals surface area contributed by atoms with Crippen molar-refractivity contribution in [1.82, 2.24) is 5.32 Å². The molecular formula is C44H64F2N2OS2. The number of thioether (sulfide) groups is 2. The van der Waals surface area contributed by atoms with Gasteiger partial charge in [0.2, 0.25) is 0 Å². The molecule has 0 bridgehead atoms. The van der Waals surface area contributed by atoms with Crippen molar-refractivity contribution in [2.75, 3.05) is 19.1 Å². The van der Waals surface area contributed by atoms with E-state index in [9.17, 15) is 13.9 Å². The van der Waals surface area contributed by atoms with Gasteiger partial charge in [-0.15, -0.1) is 0 Å². The predicted molar refractivity (Wildman–Crippen MR) is 218 cm³/mol. The third-order valence-electron chi connectivity index (χ3n) is 11.2. The van der Waals surface area contributed by atoms with E-state index in [4.69, 9.17) is 5.73 Å². The molecule has 0 heterocycles. The average Bonchev–Trinajstić information content (AvgIpc) is 3.10. The van der Waals surface area contributed by atoms with Gasteiger partial charge in [-0.3, -0.25) is 0 Å². The van der Waals surface area contributed by atoms with Crippen molar-refractivity contribution in [3.8, 4) is 0 Å². The summed E-state index contributed by atoms with van der Waals surface area (Å²) in [5, 5.41) is 15.9. The highest BCUT2D eigenvalue weighted by atomic mass is 32.2. The summed E-state index contributed by atoms with van der Waals surface area (Å²) in [5.74, 6) is -1.15. The number of aryl methyl sites for hydroxylation is 1. The van der Waals surface area contributed by atoms with Crippen molar-refractivity contribution in [1.29, 1.82) is 0 Å². The van der Waals surface area contributed by atoms with Crippen LogP contribution in [0.3, 0.4) is 0 Å². The molecule has 2 aliphatic carbocycles. The molecule has 51 heavy (non-hydrogen) atoms. The molecule has 0 aliphatic heterocycles. The van der Waals surface area contributed by atoms with Crippen LogP contribution in [0.15, 0.2) is 66.7 Å². The molecule has 3 aromatic carbocycles. The van der Waals surface area contributed by atoms with Gasteiger partial charge in [-0.1, -0.05) is 90.1 Å². The standard InChI is InChI=1S/C27H37F2NOS.C17H27NS/c1-26(2,3)20-6-5-7-21(16-20)27(12-10-25(32-4)11-13-27)30-18-24(31)9-8-19-14-22(28)17-23(29)15-19;1-16(2,3)13-6-5-7-14(12-13)17(18)10-8-15(19-4)9-11-17/h5-7,14-17,24-25,30-31H,8-13,18H2,1-4H3;5-7,12,15H,8-11,18H2,1-4H3. The van der Waals surface area contributed by atoms with Crippen molar-refractivity contribution >= 4 is 23.5 Å². The van der Waals surface area contributed by atoms with Crippen molar-refractivity contribution < 1.29 is 13.9 Å². The predicted octanol–water partition coefficient (Wildman–Crippen LogP) is 10.8. The number of hydrogen-bond acceptors (Lipinski definition) is 5. The highest BCUT2D eigenvalue weighted by Gasteiger charge is 2.37. The zero-order chi connectivity index (χ0) is 37.5. The maximum absolute atomic E-state index is 13.4. The molecule has 0 spiro atoms. The quantitative estimate of drug-likeness (QED) is 0.193. The van der Waals surface area contributed by atoms with Gasteiger partial charge in [0.25, 0.3) is 0 Å². The first-order chi connectivity index (χ1) is 24.0. The minimum absolute atomic E-state index is 0.0768. The lowest BCUT2D eigenvalue weighted by atomic mass is 9.74. The van der Waals surface area contributed by atoms with Crippen LogP contribution >= 0.6 is 23.5 Å². The third kappa shape index (κ3) is 11.8. The number of halogens is 2. The van der Waals surface area contributed by atoms with Crippen LogP contribution in [0.5, 0.6) is 0 Å². The topological polar surface area (TPSA) is 58.3 Å². The van der Waals surface area contributed by atoms with E-state index in [-0.39, 0.29) is 21.9 Å². The Morgan fingerprint density at radius 3 is 1.71 bits per heavy atom. The Kier molecular flexibility index (Phi) is 14.7. The Morgan fingerprint density at radius 1 is 0.745 bits per heavy atom. The van der Waals surface area contributed by atoms with E-state index < -0.39 is 17.7 Å².